The number of allylic oxidation sites excluding steroid dienone is 1. The van der Waals surface area contributed by atoms with Crippen molar-refractivity contribution in [2.45, 2.75) is 13.8 Å². The molecule has 22 heavy (non-hydrogen) atoms. The smallest absolute Gasteiger partial charge is 0.0899 e. The predicted molar refractivity (Wildman–Crippen MR) is 93.4 cm³/mol. The van der Waals surface area contributed by atoms with Crippen molar-refractivity contribution in [3.63, 3.8) is 0 Å². The van der Waals surface area contributed by atoms with Crippen molar-refractivity contribution in [3.8, 4) is 0 Å². The van der Waals surface area contributed by atoms with Gasteiger partial charge in [-0.05, 0) is 30.6 Å². The van der Waals surface area contributed by atoms with Gasteiger partial charge in [0.1, 0.15) is 11.1 Å². The Morgan fingerprint density at radius 1 is 0.864 bits per heavy atom. The zero-order chi connectivity index (χ0) is 15.6. The Labute approximate surface area is 132 Å². The molecule has 2 heteroatoms. The van der Waals surface area contributed by atoms with Crippen LogP contribution < -0.4 is 0 Å². The first-order valence-corrected chi connectivity index (χ1v) is 7.58. The van der Waals surface area contributed by atoms with E-state index in [0.717, 1.165) is 5.71 Å². The van der Waals surface area contributed by atoms with Gasteiger partial charge in [-0.1, -0.05) is 65.3 Å². The molecule has 0 fully saturated rings. The van der Waals surface area contributed by atoms with Crippen molar-refractivity contribution in [2.24, 2.45) is 10.5 Å². The summed E-state index contributed by atoms with van der Waals surface area (Å²) >= 11 is 0. The number of hydrogen-bond donors (Lipinski definition) is 0. The topological polar surface area (TPSA) is 15.4 Å². The van der Waals surface area contributed by atoms with Crippen LogP contribution in [0, 0.1) is 5.41 Å². The second-order valence-corrected chi connectivity index (χ2v) is 6.09. The lowest BCUT2D eigenvalue weighted by atomic mass is 9.79. The maximum atomic E-state index is 4.77. The quantitative estimate of drug-likeness (QED) is 0.752. The van der Waals surface area contributed by atoms with Gasteiger partial charge in [-0.25, -0.2) is 0 Å². The summed E-state index contributed by atoms with van der Waals surface area (Å²) in [6.45, 7) is 4.46. The molecule has 1 aliphatic heterocycles. The molecule has 2 aromatic rings. The van der Waals surface area contributed by atoms with Crippen LogP contribution in [0.3, 0.4) is 0 Å². The van der Waals surface area contributed by atoms with Crippen molar-refractivity contribution in [3.05, 3.63) is 77.9 Å². The maximum absolute atomic E-state index is 4.77. The molecule has 0 aromatic heterocycles. The van der Waals surface area contributed by atoms with Gasteiger partial charge in [0.2, 0.25) is 5.71 Å². The van der Waals surface area contributed by atoms with Crippen molar-refractivity contribution in [2.75, 3.05) is 7.05 Å². The third-order valence-corrected chi connectivity index (χ3v) is 4.11. The Bertz CT molecular complexity index is 751. The van der Waals surface area contributed by atoms with E-state index in [0.29, 0.717) is 0 Å². The summed E-state index contributed by atoms with van der Waals surface area (Å²) in [7, 11) is 2.02. The fourth-order valence-corrected chi connectivity index (χ4v) is 2.92. The average molecular weight is 289 g/mol. The molecule has 0 amide bonds. The van der Waals surface area contributed by atoms with Gasteiger partial charge in [-0.3, -0.25) is 0 Å². The summed E-state index contributed by atoms with van der Waals surface area (Å²) in [4.78, 5) is 0. The van der Waals surface area contributed by atoms with E-state index in [4.69, 9.17) is 5.10 Å². The third-order valence-electron chi connectivity index (χ3n) is 4.11. The monoisotopic (exact) mass is 289 g/mol. The highest BCUT2D eigenvalue weighted by molar-refractivity contribution is 6.21. The molecule has 3 rings (SSSR count). The minimum atomic E-state index is -0.110. The van der Waals surface area contributed by atoms with E-state index in [1.165, 1.54) is 16.8 Å². The molecule has 0 N–H and O–H groups in total. The van der Waals surface area contributed by atoms with Crippen LogP contribution >= 0.6 is 0 Å². The number of hydrazone groups is 1. The summed E-state index contributed by atoms with van der Waals surface area (Å²) in [5.41, 5.74) is 4.59. The number of nitrogens with zero attached hydrogens (tertiary/aromatic N) is 2. The largest absolute Gasteiger partial charge is 0.219 e. The molecule has 2 nitrogen and oxygen atoms in total. The van der Waals surface area contributed by atoms with E-state index in [9.17, 15) is 0 Å². The summed E-state index contributed by atoms with van der Waals surface area (Å²) < 4.78 is 1.99. The average Bonchev–Trinajstić information content (AvgIpc) is 2.76. The van der Waals surface area contributed by atoms with Gasteiger partial charge < -0.3 is 0 Å². The number of benzene rings is 2. The molecule has 0 aliphatic carbocycles. The fourth-order valence-electron chi connectivity index (χ4n) is 2.92. The van der Waals surface area contributed by atoms with E-state index < -0.39 is 0 Å². The second-order valence-electron chi connectivity index (χ2n) is 6.09. The van der Waals surface area contributed by atoms with Crippen molar-refractivity contribution in [1.29, 1.82) is 0 Å². The molecule has 1 heterocycles. The number of hydrogen-bond acceptors (Lipinski definition) is 1. The van der Waals surface area contributed by atoms with Crippen LogP contribution in [0.25, 0.3) is 6.08 Å². The van der Waals surface area contributed by atoms with E-state index in [-0.39, 0.29) is 5.41 Å². The highest BCUT2D eigenvalue weighted by Crippen LogP contribution is 2.30. The van der Waals surface area contributed by atoms with Crippen molar-refractivity contribution >= 4 is 17.5 Å². The molecular weight excluding hydrogens is 268 g/mol. The van der Waals surface area contributed by atoms with Crippen LogP contribution in [0.2, 0.25) is 0 Å². The fraction of sp³-hybridized carbons (Fsp3) is 0.200. The Hall–Kier alpha value is -2.48. The summed E-state index contributed by atoms with van der Waals surface area (Å²) in [5.74, 6) is 0. The van der Waals surface area contributed by atoms with E-state index in [1.807, 2.05) is 23.9 Å². The first kappa shape index (κ1) is 14.5. The van der Waals surface area contributed by atoms with Crippen LogP contribution in [0.15, 0.2) is 71.8 Å². The van der Waals surface area contributed by atoms with E-state index in [2.05, 4.69) is 74.5 Å². The normalized spacial score (nSPS) is 17.1. The summed E-state index contributed by atoms with van der Waals surface area (Å²) in [6.07, 6.45) is 4.33. The zero-order valence-electron chi connectivity index (χ0n) is 13.3. The molecule has 110 valence electrons. The molecule has 0 spiro atoms. The molecule has 0 atom stereocenters. The van der Waals surface area contributed by atoms with Crippen LogP contribution in [0.5, 0.6) is 0 Å². The van der Waals surface area contributed by atoms with Gasteiger partial charge in [-0.2, -0.15) is 0 Å². The van der Waals surface area contributed by atoms with E-state index in [1.54, 1.807) is 0 Å². The third kappa shape index (κ3) is 2.64. The second kappa shape index (κ2) is 5.72. The molecular formula is C20H21N2+. The first-order valence-electron chi connectivity index (χ1n) is 7.58. The Kier molecular flexibility index (Phi) is 3.76. The Balaban J connectivity index is 1.92. The van der Waals surface area contributed by atoms with Crippen molar-refractivity contribution in [1.82, 2.24) is 0 Å². The molecule has 0 unspecified atom stereocenters. The van der Waals surface area contributed by atoms with Gasteiger partial charge in [0, 0.05) is 11.6 Å². The Morgan fingerprint density at radius 2 is 1.45 bits per heavy atom. The minimum absolute atomic E-state index is 0.110. The molecule has 0 saturated carbocycles. The SMILES string of the molecule is C[N+]1=C(/C=C/c2ccccc2)C(C)(C)C(c2ccccc2)=N1. The lowest BCUT2D eigenvalue weighted by molar-refractivity contribution is -0.499. The van der Waals surface area contributed by atoms with Crippen LogP contribution in [-0.4, -0.2) is 23.2 Å². The lowest BCUT2D eigenvalue weighted by Gasteiger charge is -2.16. The van der Waals surface area contributed by atoms with Gasteiger partial charge in [0.05, 0.1) is 0 Å². The summed E-state index contributed by atoms with van der Waals surface area (Å²) in [6, 6.07) is 20.8. The maximum Gasteiger partial charge on any atom is 0.219 e. The predicted octanol–water partition coefficient (Wildman–Crippen LogP) is 4.23. The molecule has 2 aromatic carbocycles. The van der Waals surface area contributed by atoms with Crippen LogP contribution in [-0.2, 0) is 0 Å². The highest BCUT2D eigenvalue weighted by Gasteiger charge is 2.43. The molecule has 0 bridgehead atoms. The minimum Gasteiger partial charge on any atom is -0.0899 e. The zero-order valence-corrected chi connectivity index (χ0v) is 13.3. The van der Waals surface area contributed by atoms with Gasteiger partial charge in [0.15, 0.2) is 7.05 Å². The first-order chi connectivity index (χ1) is 10.6. The number of rotatable bonds is 3. The summed E-state index contributed by atoms with van der Waals surface area (Å²) in [5, 5.41) is 4.77. The molecule has 0 radical (unpaired) electrons. The van der Waals surface area contributed by atoms with Gasteiger partial charge >= 0.3 is 0 Å². The van der Waals surface area contributed by atoms with Crippen LogP contribution in [0.4, 0.5) is 0 Å². The molecule has 1 aliphatic rings. The molecule has 0 saturated heterocycles. The van der Waals surface area contributed by atoms with E-state index >= 15 is 0 Å². The van der Waals surface area contributed by atoms with Crippen molar-refractivity contribution < 1.29 is 4.68 Å². The Morgan fingerprint density at radius 3 is 2.09 bits per heavy atom. The van der Waals surface area contributed by atoms with Gasteiger partial charge in [-0.15, -0.1) is 0 Å². The highest BCUT2D eigenvalue weighted by atomic mass is 15.4. The standard InChI is InChI=1S/C20H21N2/c1-20(2)18(15-14-16-10-6-4-7-11-16)22(3)21-19(20)17-12-8-5-9-13-17/h4-15H,1-3H3/q+1/b15-14+. The van der Waals surface area contributed by atoms with Crippen LogP contribution in [0.1, 0.15) is 25.0 Å². The van der Waals surface area contributed by atoms with Gasteiger partial charge in [0.25, 0.3) is 0 Å². The lowest BCUT2D eigenvalue weighted by Crippen LogP contribution is -2.30.